The van der Waals surface area contributed by atoms with Crippen molar-refractivity contribution in [3.05, 3.63) is 55.9 Å². The number of imidazole rings is 3. The number of aromatic amines is 3. The van der Waals surface area contributed by atoms with Crippen LogP contribution in [0.2, 0.25) is 0 Å². The van der Waals surface area contributed by atoms with E-state index in [4.69, 9.17) is 53.2 Å². The zero-order chi connectivity index (χ0) is 57.4. The van der Waals surface area contributed by atoms with Crippen LogP contribution < -0.4 is 32.7 Å². The average Bonchev–Trinajstić information content (AvgIpc) is 4.38. The summed E-state index contributed by atoms with van der Waals surface area (Å²) in [7, 11) is -21.0. The van der Waals surface area contributed by atoms with Gasteiger partial charge in [-0.25, -0.2) is 37.8 Å². The molecule has 9 heterocycles. The summed E-state index contributed by atoms with van der Waals surface area (Å²) in [5.41, 5.74) is 8.67. The van der Waals surface area contributed by atoms with Gasteiger partial charge >= 0.3 is 36.9 Å². The Hall–Kier alpha value is -5.15. The van der Waals surface area contributed by atoms with Crippen molar-refractivity contribution in [2.24, 2.45) is 7.05 Å². The van der Waals surface area contributed by atoms with Crippen LogP contribution in [0.15, 0.2) is 33.4 Å². The predicted molar refractivity (Wildman–Crippen MR) is 256 cm³/mol. The molecule has 3 aliphatic heterocycles. The van der Waals surface area contributed by atoms with Gasteiger partial charge in [-0.15, -0.1) is 0 Å². The Balaban J connectivity index is 0.887. The number of rotatable bonds is 21. The predicted octanol–water partition coefficient (Wildman–Crippen LogP) is -3.26. The van der Waals surface area contributed by atoms with Crippen LogP contribution in [0, 0.1) is 6.92 Å². The van der Waals surface area contributed by atoms with E-state index in [-0.39, 0.29) is 45.3 Å². The topological polar surface area (TPSA) is 545 Å². The van der Waals surface area contributed by atoms with Crippen molar-refractivity contribution in [1.82, 2.24) is 53.6 Å². The van der Waals surface area contributed by atoms with Gasteiger partial charge in [0, 0.05) is 7.11 Å². The molecule has 9 rings (SSSR count). The molecule has 3 fully saturated rings. The highest BCUT2D eigenvalue weighted by atomic mass is 31.3. The Morgan fingerprint density at radius 2 is 1.14 bits per heavy atom. The van der Waals surface area contributed by atoms with Gasteiger partial charge in [-0.05, 0) is 20.8 Å². The van der Waals surface area contributed by atoms with Crippen LogP contribution in [0.1, 0.15) is 38.4 Å². The van der Waals surface area contributed by atoms with Crippen LogP contribution in [0.5, 0.6) is 0 Å². The third-order valence-electron chi connectivity index (χ3n) is 12.1. The summed E-state index contributed by atoms with van der Waals surface area (Å²) in [5.74, 6) is -0.496. The highest BCUT2D eigenvalue weighted by Crippen LogP contribution is 2.68. The van der Waals surface area contributed by atoms with E-state index < -0.39 is 153 Å². The summed E-state index contributed by atoms with van der Waals surface area (Å²) in [6.07, 6.45) is -16.5. The Kier molecular flexibility index (Phi) is 16.3. The minimum absolute atomic E-state index is 0.0248. The number of phosphoric ester groups is 3. The van der Waals surface area contributed by atoms with Gasteiger partial charge < -0.3 is 75.0 Å². The molecule has 0 aliphatic carbocycles. The van der Waals surface area contributed by atoms with Crippen LogP contribution in [-0.4, -0.2) is 176 Å². The molecule has 0 spiro atoms. The number of methoxy groups -OCH3 is 1. The van der Waals surface area contributed by atoms with Crippen LogP contribution in [-0.2, 0) is 75.7 Å². The highest BCUT2D eigenvalue weighted by molar-refractivity contribution is 7.66. The van der Waals surface area contributed by atoms with Crippen molar-refractivity contribution in [2.45, 2.75) is 100 Å². The van der Waals surface area contributed by atoms with Gasteiger partial charge in [0.25, 0.3) is 22.3 Å². The normalized spacial score (nSPS) is 29.6. The third kappa shape index (κ3) is 12.1. The second-order valence-corrected chi connectivity index (χ2v) is 24.1. The number of phosphoric acid groups is 4. The fraction of sp³-hybridized carbons (Fsp3) is 0.583. The summed E-state index contributed by atoms with van der Waals surface area (Å²) < 4.78 is 116. The van der Waals surface area contributed by atoms with Crippen molar-refractivity contribution >= 4 is 76.7 Å². The van der Waals surface area contributed by atoms with Crippen LogP contribution >= 0.6 is 31.3 Å². The fourth-order valence-corrected chi connectivity index (χ4v) is 13.4. The lowest BCUT2D eigenvalue weighted by Gasteiger charge is -2.27. The molecule has 0 amide bonds. The first-order chi connectivity index (χ1) is 37.0. The van der Waals surface area contributed by atoms with E-state index in [9.17, 15) is 67.5 Å². The van der Waals surface area contributed by atoms with E-state index in [1.807, 2.05) is 0 Å². The minimum atomic E-state index is -6.23. The van der Waals surface area contributed by atoms with E-state index in [2.05, 4.69) is 48.5 Å². The monoisotopic (exact) mass is 1200 g/mol. The first-order valence-corrected chi connectivity index (χ1v) is 28.9. The third-order valence-corrected chi connectivity index (χ3v) is 17.4. The maximum Gasteiger partial charge on any atom is 0.490 e. The molecule has 6 aromatic rings. The van der Waals surface area contributed by atoms with E-state index >= 15 is 0 Å². The summed E-state index contributed by atoms with van der Waals surface area (Å²) >= 11 is 0. The van der Waals surface area contributed by atoms with Gasteiger partial charge in [0.15, 0.2) is 34.8 Å². The van der Waals surface area contributed by atoms with Gasteiger partial charge in [-0.2, -0.15) is 23.2 Å². The number of aromatic nitrogens is 12. The molecule has 79 heavy (non-hydrogen) atoms. The van der Waals surface area contributed by atoms with Gasteiger partial charge in [-0.1, -0.05) is 0 Å². The Morgan fingerprint density at radius 1 is 0.646 bits per heavy atom. The Labute approximate surface area is 439 Å². The summed E-state index contributed by atoms with van der Waals surface area (Å²) in [4.78, 5) is 108. The standard InChI is InChI=1S/C36H50N14O25P4/c1-12(2)69-23-15(71-33(22(23)53)48-9-39-17-26(48)41-13(3)42-29(17)54)7-66-76(57,58)73-24-16(72-34(25(24)65-5)49-10-40-18-27(49)43-35(37)45-30(18)55)8-68-78(61,62)75-79(63,64)74-77(59,60)67-6-14-20(51)21(52)32(70-14)50-11-47(4)19-28(50)44-36(38)46-31(19)56/h9-12,14-16,20-25,32-34,51-53H,6-8H2,1-5H3,(H10-,37,38,41,42,43,44,45,46,54,55,56,57,58,59,60,61,62,63,64)/p+1/t14-,15-,16-,20+,21?,22?,23+,24+,25?,32-,33-,34-/m1/s1. The highest BCUT2D eigenvalue weighted by Gasteiger charge is 2.54. The van der Waals surface area contributed by atoms with Crippen LogP contribution in [0.4, 0.5) is 11.9 Å². The van der Waals surface area contributed by atoms with E-state index in [1.165, 1.54) is 35.8 Å². The Morgan fingerprint density at radius 3 is 1.75 bits per heavy atom. The first-order valence-electron chi connectivity index (χ1n) is 22.9. The molecule has 0 radical (unpaired) electrons. The number of aliphatic hydroxyl groups is 3. The largest absolute Gasteiger partial charge is 0.490 e. The second kappa shape index (κ2) is 22.0. The number of nitrogen functional groups attached to an aromatic ring is 2. The molecular formula is C36H51N14O25P4+. The molecule has 7 unspecified atom stereocenters. The number of ether oxygens (including phenoxy) is 5. The molecule has 0 saturated carbocycles. The number of hydrogen-bond acceptors (Lipinski definition) is 28. The Bertz CT molecular complexity index is 3660. The van der Waals surface area contributed by atoms with E-state index in [0.29, 0.717) is 0 Å². The molecule has 3 saturated heterocycles. The molecule has 14 N–H and O–H groups in total. The zero-order valence-electron chi connectivity index (χ0n) is 41.3. The molecule has 16 atom stereocenters. The molecule has 43 heteroatoms. The summed E-state index contributed by atoms with van der Waals surface area (Å²) in [5, 5.41) is 33.0. The number of H-pyrrole nitrogens is 3. The molecule has 0 bridgehead atoms. The van der Waals surface area contributed by atoms with E-state index in [0.717, 1.165) is 22.6 Å². The van der Waals surface area contributed by atoms with Crippen molar-refractivity contribution < 1.29 is 108 Å². The minimum Gasteiger partial charge on any atom is -0.387 e. The fourth-order valence-electron chi connectivity index (χ4n) is 8.92. The number of nitrogens with one attached hydrogen (secondary N) is 3. The summed E-state index contributed by atoms with van der Waals surface area (Å²) in [6.45, 7) is 1.46. The number of fused-ring (bicyclic) bond motifs is 3. The first kappa shape index (κ1) is 58.5. The van der Waals surface area contributed by atoms with Crippen molar-refractivity contribution in [3.8, 4) is 0 Å². The molecule has 0 aromatic carbocycles. The number of aliphatic hydroxyl groups excluding tert-OH is 3. The molecule has 6 aromatic heterocycles. The SMILES string of the molecule is COC1[C@@H](OP(=O)(O)OC[C@H]2O[C@@H](n3cnc4c(=O)[nH]c(C)nc43)C(O)[C@H]2OC(C)C)[C@@H](COP(=O)(O)OP(=O)(O)OP(=O)(O)OC[C@H]2O[C@@H](n3c[n+](C)c4c(=O)[nH]c(N)nc43)C(O)[C@H]2O)O[C@H]1n1cnc2c(=O)[nH]c(N)nc21. The van der Waals surface area contributed by atoms with Crippen LogP contribution in [0.3, 0.4) is 0 Å². The van der Waals surface area contributed by atoms with Gasteiger partial charge in [0.1, 0.15) is 60.8 Å². The molecule has 434 valence electrons. The lowest BCUT2D eigenvalue weighted by molar-refractivity contribution is -0.646. The van der Waals surface area contributed by atoms with Gasteiger partial charge in [0.05, 0.1) is 45.6 Å². The van der Waals surface area contributed by atoms with Crippen molar-refractivity contribution in [1.29, 1.82) is 0 Å². The maximum absolute atomic E-state index is 14.0. The average molecular weight is 1200 g/mol. The quantitative estimate of drug-likeness (QED) is 0.0249. The van der Waals surface area contributed by atoms with Crippen LogP contribution in [0.25, 0.3) is 33.5 Å². The second-order valence-electron chi connectivity index (χ2n) is 18.0. The number of nitrogens with zero attached hydrogens (tertiary/aromatic N) is 9. The number of aryl methyl sites for hydroxylation is 2. The molecular weight excluding hydrogens is 1150 g/mol. The van der Waals surface area contributed by atoms with E-state index in [1.54, 1.807) is 13.8 Å². The van der Waals surface area contributed by atoms with Crippen molar-refractivity contribution in [3.63, 3.8) is 0 Å². The van der Waals surface area contributed by atoms with Gasteiger partial charge in [-0.3, -0.25) is 51.6 Å². The zero-order valence-corrected chi connectivity index (χ0v) is 44.9. The number of nitrogens with two attached hydrogens (primary N) is 2. The lowest BCUT2D eigenvalue weighted by Crippen LogP contribution is -2.39. The number of anilines is 2. The lowest BCUT2D eigenvalue weighted by atomic mass is 10.1. The van der Waals surface area contributed by atoms with Crippen molar-refractivity contribution in [2.75, 3.05) is 38.4 Å². The van der Waals surface area contributed by atoms with Gasteiger partial charge in [0.2, 0.25) is 24.5 Å². The summed E-state index contributed by atoms with van der Waals surface area (Å²) in [6, 6.07) is 0. The smallest absolute Gasteiger partial charge is 0.387 e. The maximum atomic E-state index is 14.0. The molecule has 39 nitrogen and oxygen atoms in total. The number of hydrogen-bond donors (Lipinski definition) is 12. The molecule has 3 aliphatic rings.